The van der Waals surface area contributed by atoms with E-state index < -0.39 is 19.1 Å². The van der Waals surface area contributed by atoms with Crippen LogP contribution >= 0.6 is 10.7 Å². The second-order valence-corrected chi connectivity index (χ2v) is 8.89. The third-order valence-electron chi connectivity index (χ3n) is 2.69. The van der Waals surface area contributed by atoms with Gasteiger partial charge in [-0.25, -0.2) is 16.8 Å². The molecule has 1 fully saturated rings. The Morgan fingerprint density at radius 2 is 1.88 bits per heavy atom. The lowest BCUT2D eigenvalue weighted by Crippen LogP contribution is -2.43. The van der Waals surface area contributed by atoms with Gasteiger partial charge in [0.05, 0.1) is 12.0 Å². The van der Waals surface area contributed by atoms with Crippen molar-refractivity contribution in [2.45, 2.75) is 31.7 Å². The van der Waals surface area contributed by atoms with E-state index in [0.717, 1.165) is 19.1 Å². The number of piperidine rings is 1. The number of rotatable bonds is 4. The van der Waals surface area contributed by atoms with Gasteiger partial charge in [0.25, 0.3) is 0 Å². The zero-order chi connectivity index (χ0) is 12.4. The van der Waals surface area contributed by atoms with Crippen LogP contribution in [0.25, 0.3) is 0 Å². The fourth-order valence-corrected chi connectivity index (χ4v) is 4.01. The van der Waals surface area contributed by atoms with Gasteiger partial charge in [-0.15, -0.1) is 0 Å². The van der Waals surface area contributed by atoms with Crippen molar-refractivity contribution in [3.63, 3.8) is 0 Å². The van der Waals surface area contributed by atoms with Gasteiger partial charge in [-0.05, 0) is 19.3 Å². The quantitative estimate of drug-likeness (QED) is 0.716. The Balaban J connectivity index is 2.69. The molecule has 96 valence electrons. The maximum absolute atomic E-state index is 11.5. The van der Waals surface area contributed by atoms with Crippen LogP contribution in [0.3, 0.4) is 0 Å². The molecule has 0 bridgehead atoms. The highest BCUT2D eigenvalue weighted by Gasteiger charge is 2.29. The molecule has 1 atom stereocenters. The van der Waals surface area contributed by atoms with Crippen LogP contribution in [0, 0.1) is 0 Å². The van der Waals surface area contributed by atoms with E-state index in [0.29, 0.717) is 13.0 Å². The van der Waals surface area contributed by atoms with E-state index in [1.165, 1.54) is 4.31 Å². The third kappa shape index (κ3) is 4.57. The second kappa shape index (κ2) is 5.20. The molecular weight excluding hydrogens is 274 g/mol. The van der Waals surface area contributed by atoms with E-state index in [-0.39, 0.29) is 18.2 Å². The second-order valence-electron chi connectivity index (χ2n) is 4.05. The largest absolute Gasteiger partial charge is 0.232 e. The molecule has 1 saturated heterocycles. The van der Waals surface area contributed by atoms with Crippen LogP contribution < -0.4 is 0 Å². The van der Waals surface area contributed by atoms with Crippen molar-refractivity contribution in [3.05, 3.63) is 0 Å². The zero-order valence-corrected chi connectivity index (χ0v) is 11.5. The lowest BCUT2D eigenvalue weighted by molar-refractivity contribution is 0.249. The van der Waals surface area contributed by atoms with Crippen molar-refractivity contribution in [1.82, 2.24) is 4.31 Å². The minimum atomic E-state index is -3.54. The maximum atomic E-state index is 11.5. The number of hydrogen-bond acceptors (Lipinski definition) is 4. The topological polar surface area (TPSA) is 71.5 Å². The Kier molecular flexibility index (Phi) is 4.62. The van der Waals surface area contributed by atoms with Gasteiger partial charge in [-0.2, -0.15) is 4.31 Å². The fourth-order valence-electron chi connectivity index (χ4n) is 1.98. The van der Waals surface area contributed by atoms with Gasteiger partial charge < -0.3 is 0 Å². The predicted molar refractivity (Wildman–Crippen MR) is 63.4 cm³/mol. The first-order valence-corrected chi connectivity index (χ1v) is 9.42. The first kappa shape index (κ1) is 14.2. The van der Waals surface area contributed by atoms with Crippen LogP contribution in [0.5, 0.6) is 0 Å². The Morgan fingerprint density at radius 3 is 2.38 bits per heavy atom. The minimum Gasteiger partial charge on any atom is -0.212 e. The van der Waals surface area contributed by atoms with Gasteiger partial charge >= 0.3 is 0 Å². The molecule has 1 unspecified atom stereocenters. The minimum absolute atomic E-state index is 0.175. The first-order valence-electron chi connectivity index (χ1n) is 5.09. The Hall–Kier alpha value is 0.150. The molecule has 0 N–H and O–H groups in total. The molecule has 0 aromatic rings. The Labute approximate surface area is 101 Å². The zero-order valence-electron chi connectivity index (χ0n) is 9.09. The fraction of sp³-hybridized carbons (Fsp3) is 1.00. The summed E-state index contributed by atoms with van der Waals surface area (Å²) in [5.74, 6) is -0.175. The molecule has 0 saturated carbocycles. The highest BCUT2D eigenvalue weighted by molar-refractivity contribution is 8.13. The summed E-state index contributed by atoms with van der Waals surface area (Å²) in [4.78, 5) is 0. The SMILES string of the molecule is CS(=O)(=O)N1CCCCC1CCS(=O)(=O)Cl. The van der Waals surface area contributed by atoms with Gasteiger partial charge in [0, 0.05) is 23.3 Å². The van der Waals surface area contributed by atoms with E-state index >= 15 is 0 Å². The summed E-state index contributed by atoms with van der Waals surface area (Å²) in [6, 6.07) is -0.225. The lowest BCUT2D eigenvalue weighted by Gasteiger charge is -2.33. The molecule has 16 heavy (non-hydrogen) atoms. The average Bonchev–Trinajstić information content (AvgIpc) is 2.12. The maximum Gasteiger partial charge on any atom is 0.232 e. The van der Waals surface area contributed by atoms with Gasteiger partial charge in [0.2, 0.25) is 19.1 Å². The number of sulfonamides is 1. The predicted octanol–water partition coefficient (Wildman–Crippen LogP) is 0.759. The van der Waals surface area contributed by atoms with Gasteiger partial charge in [0.1, 0.15) is 0 Å². The summed E-state index contributed by atoms with van der Waals surface area (Å²) in [7, 11) is -1.67. The molecule has 1 heterocycles. The molecule has 0 radical (unpaired) electrons. The first-order chi connectivity index (χ1) is 7.20. The number of halogens is 1. The van der Waals surface area contributed by atoms with Gasteiger partial charge in [-0.1, -0.05) is 6.42 Å². The van der Waals surface area contributed by atoms with Crippen LogP contribution in [0.15, 0.2) is 0 Å². The van der Waals surface area contributed by atoms with Gasteiger partial charge in [-0.3, -0.25) is 0 Å². The molecule has 0 amide bonds. The normalized spacial score (nSPS) is 24.5. The smallest absolute Gasteiger partial charge is 0.212 e. The lowest BCUT2D eigenvalue weighted by atomic mass is 10.0. The molecule has 0 spiro atoms. The molecule has 0 aliphatic carbocycles. The summed E-state index contributed by atoms with van der Waals surface area (Å²) in [6.07, 6.45) is 3.90. The van der Waals surface area contributed by atoms with Crippen LogP contribution in [-0.4, -0.2) is 45.7 Å². The molecule has 8 heteroatoms. The molecule has 0 aromatic heterocycles. The average molecular weight is 290 g/mol. The molecule has 0 aromatic carbocycles. The highest BCUT2D eigenvalue weighted by Crippen LogP contribution is 2.23. The summed E-state index contributed by atoms with van der Waals surface area (Å²) in [5, 5.41) is 0. The van der Waals surface area contributed by atoms with Crippen molar-refractivity contribution >= 4 is 29.8 Å². The van der Waals surface area contributed by atoms with Crippen molar-refractivity contribution < 1.29 is 16.8 Å². The van der Waals surface area contributed by atoms with E-state index in [1.54, 1.807) is 0 Å². The van der Waals surface area contributed by atoms with E-state index in [4.69, 9.17) is 10.7 Å². The van der Waals surface area contributed by atoms with Crippen LogP contribution in [-0.2, 0) is 19.1 Å². The Bertz CT molecular complexity index is 431. The van der Waals surface area contributed by atoms with Crippen LogP contribution in [0.1, 0.15) is 25.7 Å². The summed E-state index contributed by atoms with van der Waals surface area (Å²) >= 11 is 0. The third-order valence-corrected chi connectivity index (χ3v) is 5.21. The molecule has 1 aliphatic heterocycles. The van der Waals surface area contributed by atoms with Crippen LogP contribution in [0.4, 0.5) is 0 Å². The molecule has 1 rings (SSSR count). The number of nitrogens with zero attached hydrogens (tertiary/aromatic N) is 1. The molecule has 1 aliphatic rings. The van der Waals surface area contributed by atoms with Crippen molar-refractivity contribution in [1.29, 1.82) is 0 Å². The highest BCUT2D eigenvalue weighted by atomic mass is 35.7. The summed E-state index contributed by atoms with van der Waals surface area (Å²) < 4.78 is 46.0. The van der Waals surface area contributed by atoms with E-state index in [2.05, 4.69) is 0 Å². The number of hydrogen-bond donors (Lipinski definition) is 0. The van der Waals surface area contributed by atoms with Crippen LogP contribution in [0.2, 0.25) is 0 Å². The Morgan fingerprint density at radius 1 is 1.25 bits per heavy atom. The monoisotopic (exact) mass is 289 g/mol. The van der Waals surface area contributed by atoms with Crippen molar-refractivity contribution in [2.75, 3.05) is 18.6 Å². The molecule has 5 nitrogen and oxygen atoms in total. The molecular formula is C8H16ClNO4S2. The van der Waals surface area contributed by atoms with Crippen molar-refractivity contribution in [3.8, 4) is 0 Å². The summed E-state index contributed by atoms with van der Waals surface area (Å²) in [5.41, 5.74) is 0. The van der Waals surface area contributed by atoms with E-state index in [9.17, 15) is 16.8 Å². The van der Waals surface area contributed by atoms with E-state index in [1.807, 2.05) is 0 Å². The summed E-state index contributed by atoms with van der Waals surface area (Å²) in [6.45, 7) is 0.478. The van der Waals surface area contributed by atoms with Gasteiger partial charge in [0.15, 0.2) is 0 Å². The standard InChI is InChI=1S/C8H16ClNO4S2/c1-15(11,12)10-6-3-2-4-8(10)5-7-16(9,13)14/h8H,2-7H2,1H3. The van der Waals surface area contributed by atoms with Crippen molar-refractivity contribution in [2.24, 2.45) is 0 Å².